The van der Waals surface area contributed by atoms with Crippen molar-refractivity contribution in [2.75, 3.05) is 12.8 Å². The van der Waals surface area contributed by atoms with Crippen LogP contribution in [0.5, 0.6) is 0 Å². The molecule has 0 saturated carbocycles. The fraction of sp³-hybridized carbons (Fsp3) is 0.333. The number of hydrogen-bond acceptors (Lipinski definition) is 4. The SMILES string of the molecule is COCc1cnc(N)nc1. The van der Waals surface area contributed by atoms with Gasteiger partial charge in [0.1, 0.15) is 0 Å². The van der Waals surface area contributed by atoms with Gasteiger partial charge in [-0.1, -0.05) is 0 Å². The van der Waals surface area contributed by atoms with Crippen LogP contribution in [0.25, 0.3) is 0 Å². The third-order valence-corrected chi connectivity index (χ3v) is 1.04. The number of nitrogens with zero attached hydrogens (tertiary/aromatic N) is 2. The first-order valence-electron chi connectivity index (χ1n) is 2.88. The molecular formula is C6H9N3O. The van der Waals surface area contributed by atoms with Gasteiger partial charge in [-0.15, -0.1) is 0 Å². The Bertz CT molecular complexity index is 197. The van der Waals surface area contributed by atoms with E-state index in [1.54, 1.807) is 19.5 Å². The lowest BCUT2D eigenvalue weighted by Crippen LogP contribution is -1.96. The summed E-state index contributed by atoms with van der Waals surface area (Å²) in [5, 5.41) is 0. The highest BCUT2D eigenvalue weighted by Crippen LogP contribution is 1.97. The molecule has 0 amide bonds. The predicted octanol–water partition coefficient (Wildman–Crippen LogP) is 0.205. The standard InChI is InChI=1S/C6H9N3O/c1-10-4-5-2-8-6(7)9-3-5/h2-3H,4H2,1H3,(H2,7,8,9). The largest absolute Gasteiger partial charge is 0.380 e. The quantitative estimate of drug-likeness (QED) is 0.636. The number of hydrogen-bond donors (Lipinski definition) is 1. The average molecular weight is 139 g/mol. The van der Waals surface area contributed by atoms with Crippen molar-refractivity contribution in [1.82, 2.24) is 9.97 Å². The van der Waals surface area contributed by atoms with E-state index in [9.17, 15) is 0 Å². The third-order valence-electron chi connectivity index (χ3n) is 1.04. The molecule has 1 aromatic rings. The topological polar surface area (TPSA) is 61.0 Å². The van der Waals surface area contributed by atoms with Crippen LogP contribution in [0, 0.1) is 0 Å². The van der Waals surface area contributed by atoms with E-state index in [0.717, 1.165) is 5.56 Å². The molecule has 0 radical (unpaired) electrons. The van der Waals surface area contributed by atoms with Gasteiger partial charge in [0.05, 0.1) is 6.61 Å². The molecule has 10 heavy (non-hydrogen) atoms. The number of nitrogens with two attached hydrogens (primary N) is 1. The second kappa shape index (κ2) is 3.12. The van der Waals surface area contributed by atoms with Crippen LogP contribution in [-0.2, 0) is 11.3 Å². The second-order valence-electron chi connectivity index (χ2n) is 1.88. The Morgan fingerprint density at radius 3 is 2.60 bits per heavy atom. The lowest BCUT2D eigenvalue weighted by molar-refractivity contribution is 0.184. The van der Waals surface area contributed by atoms with Crippen molar-refractivity contribution < 1.29 is 4.74 Å². The zero-order valence-electron chi connectivity index (χ0n) is 5.74. The Balaban J connectivity index is 2.69. The van der Waals surface area contributed by atoms with Crippen molar-refractivity contribution in [3.05, 3.63) is 18.0 Å². The fourth-order valence-corrected chi connectivity index (χ4v) is 0.606. The van der Waals surface area contributed by atoms with Gasteiger partial charge in [-0.25, -0.2) is 9.97 Å². The van der Waals surface area contributed by atoms with Crippen LogP contribution in [0.2, 0.25) is 0 Å². The van der Waals surface area contributed by atoms with Gasteiger partial charge >= 0.3 is 0 Å². The average Bonchev–Trinajstić information content (AvgIpc) is 1.95. The van der Waals surface area contributed by atoms with Crippen molar-refractivity contribution in [3.8, 4) is 0 Å². The Kier molecular flexibility index (Phi) is 2.17. The molecule has 0 saturated heterocycles. The lowest BCUT2D eigenvalue weighted by atomic mass is 10.4. The number of ether oxygens (including phenoxy) is 1. The zero-order chi connectivity index (χ0) is 7.40. The van der Waals surface area contributed by atoms with Crippen LogP contribution in [0.4, 0.5) is 5.95 Å². The molecule has 0 unspecified atom stereocenters. The first kappa shape index (κ1) is 6.95. The second-order valence-corrected chi connectivity index (χ2v) is 1.88. The highest BCUT2D eigenvalue weighted by molar-refractivity contribution is 5.16. The van der Waals surface area contributed by atoms with Gasteiger partial charge in [0.2, 0.25) is 5.95 Å². The molecule has 0 aromatic carbocycles. The van der Waals surface area contributed by atoms with Gasteiger partial charge in [-0.2, -0.15) is 0 Å². The number of anilines is 1. The molecule has 4 heteroatoms. The third kappa shape index (κ3) is 1.66. The van der Waals surface area contributed by atoms with Gasteiger partial charge in [0.25, 0.3) is 0 Å². The molecule has 0 atom stereocenters. The molecule has 4 nitrogen and oxygen atoms in total. The number of methoxy groups -OCH3 is 1. The highest BCUT2D eigenvalue weighted by atomic mass is 16.5. The molecule has 0 aliphatic rings. The molecule has 54 valence electrons. The molecular weight excluding hydrogens is 130 g/mol. The van der Waals surface area contributed by atoms with Gasteiger partial charge in [0, 0.05) is 25.1 Å². The summed E-state index contributed by atoms with van der Waals surface area (Å²) in [7, 11) is 1.62. The lowest BCUT2D eigenvalue weighted by Gasteiger charge is -1.96. The van der Waals surface area contributed by atoms with Crippen LogP contribution in [-0.4, -0.2) is 17.1 Å². The van der Waals surface area contributed by atoms with Crippen molar-refractivity contribution >= 4 is 5.95 Å². The Hall–Kier alpha value is -1.16. The van der Waals surface area contributed by atoms with Crippen LogP contribution >= 0.6 is 0 Å². The van der Waals surface area contributed by atoms with E-state index in [4.69, 9.17) is 10.5 Å². The summed E-state index contributed by atoms with van der Waals surface area (Å²) in [6, 6.07) is 0. The van der Waals surface area contributed by atoms with E-state index in [-0.39, 0.29) is 0 Å². The van der Waals surface area contributed by atoms with Gasteiger partial charge < -0.3 is 10.5 Å². The minimum absolute atomic E-state index is 0.292. The van der Waals surface area contributed by atoms with E-state index < -0.39 is 0 Å². The van der Waals surface area contributed by atoms with E-state index in [0.29, 0.717) is 12.6 Å². The van der Waals surface area contributed by atoms with Crippen molar-refractivity contribution in [2.45, 2.75) is 6.61 Å². The first-order chi connectivity index (χ1) is 4.83. The molecule has 2 N–H and O–H groups in total. The molecule has 0 spiro atoms. The van der Waals surface area contributed by atoms with E-state index in [1.807, 2.05) is 0 Å². The van der Waals surface area contributed by atoms with Crippen molar-refractivity contribution in [3.63, 3.8) is 0 Å². The summed E-state index contributed by atoms with van der Waals surface area (Å²) in [4.78, 5) is 7.57. The van der Waals surface area contributed by atoms with Gasteiger partial charge in [0.15, 0.2) is 0 Å². The van der Waals surface area contributed by atoms with Crippen molar-refractivity contribution in [2.24, 2.45) is 0 Å². The monoisotopic (exact) mass is 139 g/mol. The number of aromatic nitrogens is 2. The highest BCUT2D eigenvalue weighted by Gasteiger charge is 1.91. The summed E-state index contributed by atoms with van der Waals surface area (Å²) >= 11 is 0. The van der Waals surface area contributed by atoms with Crippen LogP contribution < -0.4 is 5.73 Å². The Labute approximate surface area is 59.1 Å². The molecule has 1 rings (SSSR count). The van der Waals surface area contributed by atoms with Crippen LogP contribution in [0.15, 0.2) is 12.4 Å². The minimum Gasteiger partial charge on any atom is -0.380 e. The number of rotatable bonds is 2. The summed E-state index contributed by atoms with van der Waals surface area (Å²) in [5.74, 6) is 0.292. The summed E-state index contributed by atoms with van der Waals surface area (Å²) in [5.41, 5.74) is 6.19. The van der Waals surface area contributed by atoms with E-state index >= 15 is 0 Å². The zero-order valence-corrected chi connectivity index (χ0v) is 5.74. The summed E-state index contributed by atoms with van der Waals surface area (Å²) in [6.45, 7) is 0.528. The Morgan fingerprint density at radius 2 is 2.10 bits per heavy atom. The first-order valence-corrected chi connectivity index (χ1v) is 2.88. The minimum atomic E-state index is 0.292. The fourth-order valence-electron chi connectivity index (χ4n) is 0.606. The summed E-state index contributed by atoms with van der Waals surface area (Å²) in [6.07, 6.45) is 3.29. The molecule has 0 bridgehead atoms. The maximum absolute atomic E-state index is 5.26. The molecule has 1 heterocycles. The predicted molar refractivity (Wildman–Crippen MR) is 37.2 cm³/mol. The molecule has 0 aliphatic carbocycles. The normalized spacial score (nSPS) is 9.70. The Morgan fingerprint density at radius 1 is 1.50 bits per heavy atom. The maximum atomic E-state index is 5.26. The molecule has 1 aromatic heterocycles. The van der Waals surface area contributed by atoms with E-state index in [2.05, 4.69) is 9.97 Å². The van der Waals surface area contributed by atoms with Gasteiger partial charge in [-0.3, -0.25) is 0 Å². The molecule has 0 fully saturated rings. The summed E-state index contributed by atoms with van der Waals surface area (Å²) < 4.78 is 4.85. The van der Waals surface area contributed by atoms with E-state index in [1.165, 1.54) is 0 Å². The molecule has 0 aliphatic heterocycles. The van der Waals surface area contributed by atoms with Crippen LogP contribution in [0.3, 0.4) is 0 Å². The maximum Gasteiger partial charge on any atom is 0.219 e. The smallest absolute Gasteiger partial charge is 0.219 e. The van der Waals surface area contributed by atoms with Crippen LogP contribution in [0.1, 0.15) is 5.56 Å². The number of nitrogen functional groups attached to an aromatic ring is 1. The van der Waals surface area contributed by atoms with Gasteiger partial charge in [-0.05, 0) is 0 Å². The van der Waals surface area contributed by atoms with Crippen molar-refractivity contribution in [1.29, 1.82) is 0 Å².